The predicted octanol–water partition coefficient (Wildman–Crippen LogP) is 3.76. The maximum atomic E-state index is 13.3. The SMILES string of the molecule is CCNC(=O)C(CC)N(Cc1ccc(F)cc1)C(=O)COc1cc(C)ccc1C. The highest BCUT2D eigenvalue weighted by molar-refractivity contribution is 5.88. The molecule has 1 atom stereocenters. The Morgan fingerprint density at radius 3 is 2.41 bits per heavy atom. The molecule has 0 aliphatic rings. The zero-order valence-electron chi connectivity index (χ0n) is 17.5. The maximum absolute atomic E-state index is 13.3. The summed E-state index contributed by atoms with van der Waals surface area (Å²) >= 11 is 0. The van der Waals surface area contributed by atoms with Crippen LogP contribution in [0.3, 0.4) is 0 Å². The summed E-state index contributed by atoms with van der Waals surface area (Å²) in [6.45, 7) is 8.06. The van der Waals surface area contributed by atoms with E-state index < -0.39 is 6.04 Å². The number of nitrogens with zero attached hydrogens (tertiary/aromatic N) is 1. The van der Waals surface area contributed by atoms with Crippen molar-refractivity contribution in [1.82, 2.24) is 10.2 Å². The summed E-state index contributed by atoms with van der Waals surface area (Å²) < 4.78 is 19.0. The quantitative estimate of drug-likeness (QED) is 0.697. The molecule has 1 unspecified atom stereocenters. The molecular weight excluding hydrogens is 371 g/mol. The summed E-state index contributed by atoms with van der Waals surface area (Å²) in [5.74, 6) is -0.211. The van der Waals surface area contributed by atoms with E-state index in [2.05, 4.69) is 5.32 Å². The van der Waals surface area contributed by atoms with E-state index in [1.54, 1.807) is 12.1 Å². The topological polar surface area (TPSA) is 58.6 Å². The van der Waals surface area contributed by atoms with Crippen molar-refractivity contribution in [3.63, 3.8) is 0 Å². The van der Waals surface area contributed by atoms with Crippen LogP contribution in [-0.2, 0) is 16.1 Å². The van der Waals surface area contributed by atoms with E-state index in [0.29, 0.717) is 18.7 Å². The van der Waals surface area contributed by atoms with Gasteiger partial charge in [-0.3, -0.25) is 9.59 Å². The van der Waals surface area contributed by atoms with Crippen LogP contribution in [0, 0.1) is 19.7 Å². The number of nitrogens with one attached hydrogen (secondary N) is 1. The summed E-state index contributed by atoms with van der Waals surface area (Å²) in [6.07, 6.45) is 0.461. The number of aryl methyl sites for hydroxylation is 2. The molecule has 2 aromatic rings. The molecule has 2 aromatic carbocycles. The van der Waals surface area contributed by atoms with Gasteiger partial charge in [-0.15, -0.1) is 0 Å². The number of likely N-dealkylation sites (N-methyl/N-ethyl adjacent to an activating group) is 1. The molecule has 0 bridgehead atoms. The van der Waals surface area contributed by atoms with Gasteiger partial charge in [0.15, 0.2) is 6.61 Å². The maximum Gasteiger partial charge on any atom is 0.261 e. The molecule has 0 aliphatic carbocycles. The molecule has 0 radical (unpaired) electrons. The van der Waals surface area contributed by atoms with Crippen LogP contribution in [0.2, 0.25) is 0 Å². The Hall–Kier alpha value is -2.89. The number of hydrogen-bond donors (Lipinski definition) is 1. The van der Waals surface area contributed by atoms with Crippen molar-refractivity contribution in [2.24, 2.45) is 0 Å². The minimum Gasteiger partial charge on any atom is -0.483 e. The molecule has 2 amide bonds. The molecule has 0 spiro atoms. The number of ether oxygens (including phenoxy) is 1. The van der Waals surface area contributed by atoms with Crippen LogP contribution in [0.15, 0.2) is 42.5 Å². The van der Waals surface area contributed by atoms with Crippen LogP contribution in [0.5, 0.6) is 5.75 Å². The summed E-state index contributed by atoms with van der Waals surface area (Å²) in [7, 11) is 0. The third-order valence-corrected chi connectivity index (χ3v) is 4.70. The number of benzene rings is 2. The molecule has 1 N–H and O–H groups in total. The van der Waals surface area contributed by atoms with Crippen molar-refractivity contribution in [2.45, 2.75) is 46.7 Å². The lowest BCUT2D eigenvalue weighted by molar-refractivity contribution is -0.142. The van der Waals surface area contributed by atoms with E-state index in [1.807, 2.05) is 45.9 Å². The zero-order chi connectivity index (χ0) is 21.4. The van der Waals surface area contributed by atoms with Gasteiger partial charge in [-0.05, 0) is 62.1 Å². The minimum atomic E-state index is -0.630. The predicted molar refractivity (Wildman–Crippen MR) is 111 cm³/mol. The van der Waals surface area contributed by atoms with Crippen molar-refractivity contribution in [3.8, 4) is 5.75 Å². The first-order chi connectivity index (χ1) is 13.8. The normalized spacial score (nSPS) is 11.6. The van der Waals surface area contributed by atoms with Crippen LogP contribution < -0.4 is 10.1 Å². The fourth-order valence-corrected chi connectivity index (χ4v) is 3.08. The Labute approximate surface area is 171 Å². The van der Waals surface area contributed by atoms with Gasteiger partial charge in [-0.2, -0.15) is 0 Å². The van der Waals surface area contributed by atoms with Gasteiger partial charge in [0.2, 0.25) is 5.91 Å². The lowest BCUT2D eigenvalue weighted by Crippen LogP contribution is -2.50. The number of carbonyl (C=O) groups is 2. The smallest absolute Gasteiger partial charge is 0.261 e. The largest absolute Gasteiger partial charge is 0.483 e. The molecule has 0 aliphatic heterocycles. The number of rotatable bonds is 9. The van der Waals surface area contributed by atoms with Crippen molar-refractivity contribution in [2.75, 3.05) is 13.2 Å². The second-order valence-corrected chi connectivity index (χ2v) is 7.02. The average molecular weight is 400 g/mol. The number of amides is 2. The Bertz CT molecular complexity index is 837. The Kier molecular flexibility index (Phi) is 8.19. The fraction of sp³-hybridized carbons (Fsp3) is 0.391. The third kappa shape index (κ3) is 6.31. The van der Waals surface area contributed by atoms with Crippen LogP contribution >= 0.6 is 0 Å². The highest BCUT2D eigenvalue weighted by Gasteiger charge is 2.28. The van der Waals surface area contributed by atoms with Gasteiger partial charge in [-0.1, -0.05) is 31.2 Å². The summed E-state index contributed by atoms with van der Waals surface area (Å²) in [5.41, 5.74) is 2.72. The van der Waals surface area contributed by atoms with Gasteiger partial charge in [0.1, 0.15) is 17.6 Å². The van der Waals surface area contributed by atoms with Gasteiger partial charge < -0.3 is 15.0 Å². The van der Waals surface area contributed by atoms with Gasteiger partial charge >= 0.3 is 0 Å². The Morgan fingerprint density at radius 2 is 1.79 bits per heavy atom. The lowest BCUT2D eigenvalue weighted by Gasteiger charge is -2.30. The zero-order valence-corrected chi connectivity index (χ0v) is 17.5. The second-order valence-electron chi connectivity index (χ2n) is 7.02. The molecule has 29 heavy (non-hydrogen) atoms. The first-order valence-electron chi connectivity index (χ1n) is 9.87. The van der Waals surface area contributed by atoms with E-state index in [4.69, 9.17) is 4.74 Å². The standard InChI is InChI=1S/C23H29FN2O3/c1-5-20(23(28)25-6-2)26(14-18-9-11-19(24)12-10-18)22(27)15-29-21-13-16(3)7-8-17(21)4/h7-13,20H,5-6,14-15H2,1-4H3,(H,25,28). The summed E-state index contributed by atoms with van der Waals surface area (Å²) in [4.78, 5) is 27.1. The molecule has 2 rings (SSSR count). The van der Waals surface area contributed by atoms with E-state index in [1.165, 1.54) is 17.0 Å². The van der Waals surface area contributed by atoms with Crippen molar-refractivity contribution in [3.05, 3.63) is 65.0 Å². The molecule has 156 valence electrons. The van der Waals surface area contributed by atoms with Crippen LogP contribution in [0.4, 0.5) is 4.39 Å². The second kappa shape index (κ2) is 10.6. The highest BCUT2D eigenvalue weighted by atomic mass is 19.1. The monoisotopic (exact) mass is 400 g/mol. The van der Waals surface area contributed by atoms with E-state index >= 15 is 0 Å². The minimum absolute atomic E-state index is 0.179. The van der Waals surface area contributed by atoms with Gasteiger partial charge in [0.25, 0.3) is 5.91 Å². The number of carbonyl (C=O) groups excluding carboxylic acids is 2. The Morgan fingerprint density at radius 1 is 1.10 bits per heavy atom. The number of halogens is 1. The van der Waals surface area contributed by atoms with Crippen molar-refractivity contribution >= 4 is 11.8 Å². The average Bonchev–Trinajstić information content (AvgIpc) is 2.70. The highest BCUT2D eigenvalue weighted by Crippen LogP contribution is 2.20. The van der Waals surface area contributed by atoms with Gasteiger partial charge in [-0.25, -0.2) is 4.39 Å². The fourth-order valence-electron chi connectivity index (χ4n) is 3.08. The molecule has 0 saturated heterocycles. The van der Waals surface area contributed by atoms with E-state index in [-0.39, 0.29) is 30.8 Å². The Balaban J connectivity index is 2.21. The van der Waals surface area contributed by atoms with E-state index in [9.17, 15) is 14.0 Å². The molecular formula is C23H29FN2O3. The van der Waals surface area contributed by atoms with Gasteiger partial charge in [0.05, 0.1) is 0 Å². The van der Waals surface area contributed by atoms with Gasteiger partial charge in [0, 0.05) is 13.1 Å². The van der Waals surface area contributed by atoms with Crippen molar-refractivity contribution in [1.29, 1.82) is 0 Å². The molecule has 0 aromatic heterocycles. The summed E-state index contributed by atoms with van der Waals surface area (Å²) in [6, 6.07) is 11.1. The number of hydrogen-bond acceptors (Lipinski definition) is 3. The molecule has 6 heteroatoms. The molecule has 0 saturated carbocycles. The summed E-state index contributed by atoms with van der Waals surface area (Å²) in [5, 5.41) is 2.78. The molecule has 0 heterocycles. The first kappa shape index (κ1) is 22.4. The van der Waals surface area contributed by atoms with Crippen LogP contribution in [-0.4, -0.2) is 35.9 Å². The first-order valence-corrected chi connectivity index (χ1v) is 9.87. The van der Waals surface area contributed by atoms with Crippen LogP contribution in [0.25, 0.3) is 0 Å². The third-order valence-electron chi connectivity index (χ3n) is 4.70. The molecule has 5 nitrogen and oxygen atoms in total. The lowest BCUT2D eigenvalue weighted by atomic mass is 10.1. The van der Waals surface area contributed by atoms with Crippen LogP contribution in [0.1, 0.15) is 37.0 Å². The van der Waals surface area contributed by atoms with Crippen molar-refractivity contribution < 1.29 is 18.7 Å². The molecule has 0 fully saturated rings. The van der Waals surface area contributed by atoms with E-state index in [0.717, 1.165) is 16.7 Å².